The molecule has 0 aromatic heterocycles. The Labute approximate surface area is 171 Å². The van der Waals surface area contributed by atoms with Gasteiger partial charge in [0.05, 0.1) is 10.6 Å². The number of hydrogen-bond acceptors (Lipinski definition) is 4. The van der Waals surface area contributed by atoms with Gasteiger partial charge in [0.1, 0.15) is 0 Å². The summed E-state index contributed by atoms with van der Waals surface area (Å²) in [5.41, 5.74) is 1.19. The van der Waals surface area contributed by atoms with E-state index in [2.05, 4.69) is 10.6 Å². The van der Waals surface area contributed by atoms with Crippen molar-refractivity contribution in [1.29, 1.82) is 0 Å². The van der Waals surface area contributed by atoms with E-state index in [-0.39, 0.29) is 21.8 Å². The highest BCUT2D eigenvalue weighted by Crippen LogP contribution is 2.25. The summed E-state index contributed by atoms with van der Waals surface area (Å²) in [4.78, 5) is 12.3. The Morgan fingerprint density at radius 2 is 1.64 bits per heavy atom. The van der Waals surface area contributed by atoms with Crippen molar-refractivity contribution < 1.29 is 13.2 Å². The SMILES string of the molecule is CN(c1ccccc1)S(=O)(=O)c1ccc(NC(=S)NC(=O)C2CCCC2)cc1. The molecule has 1 amide bonds. The Morgan fingerprint density at radius 1 is 1.04 bits per heavy atom. The largest absolute Gasteiger partial charge is 0.332 e. The van der Waals surface area contributed by atoms with Crippen LogP contribution in [0.5, 0.6) is 0 Å². The second-order valence-electron chi connectivity index (χ2n) is 6.76. The third kappa shape index (κ3) is 4.69. The van der Waals surface area contributed by atoms with Crippen molar-refractivity contribution >= 4 is 44.6 Å². The lowest BCUT2D eigenvalue weighted by Crippen LogP contribution is -2.37. The van der Waals surface area contributed by atoms with Gasteiger partial charge in [-0.2, -0.15) is 0 Å². The molecule has 2 N–H and O–H groups in total. The van der Waals surface area contributed by atoms with Crippen LogP contribution in [-0.2, 0) is 14.8 Å². The zero-order chi connectivity index (χ0) is 20.1. The van der Waals surface area contributed by atoms with Crippen LogP contribution in [0.3, 0.4) is 0 Å². The summed E-state index contributed by atoms with van der Waals surface area (Å²) >= 11 is 5.19. The molecule has 2 aromatic rings. The lowest BCUT2D eigenvalue weighted by molar-refractivity contribution is -0.123. The number of nitrogens with zero attached hydrogens (tertiary/aromatic N) is 1. The van der Waals surface area contributed by atoms with Crippen LogP contribution in [0.1, 0.15) is 25.7 Å². The zero-order valence-electron chi connectivity index (χ0n) is 15.6. The average molecular weight is 418 g/mol. The molecular formula is C20H23N3O3S2. The van der Waals surface area contributed by atoms with Crippen LogP contribution in [0.15, 0.2) is 59.5 Å². The van der Waals surface area contributed by atoms with E-state index in [0.717, 1.165) is 25.7 Å². The van der Waals surface area contributed by atoms with Gasteiger partial charge in [-0.3, -0.25) is 9.10 Å². The van der Waals surface area contributed by atoms with Gasteiger partial charge >= 0.3 is 0 Å². The molecule has 1 aliphatic rings. The standard InChI is InChI=1S/C20H23N3O3S2/c1-23(17-9-3-2-4-10-17)28(25,26)18-13-11-16(12-14-18)21-20(27)22-19(24)15-7-5-6-8-15/h2-4,9-15H,5-8H2,1H3,(H2,21,22,24,27). The predicted octanol–water partition coefficient (Wildman–Crippen LogP) is 3.51. The van der Waals surface area contributed by atoms with E-state index in [4.69, 9.17) is 12.2 Å². The van der Waals surface area contributed by atoms with Crippen LogP contribution >= 0.6 is 12.2 Å². The van der Waals surface area contributed by atoms with Crippen molar-refractivity contribution in [2.45, 2.75) is 30.6 Å². The van der Waals surface area contributed by atoms with E-state index >= 15 is 0 Å². The van der Waals surface area contributed by atoms with Gasteiger partial charge in [0.25, 0.3) is 10.0 Å². The monoisotopic (exact) mass is 417 g/mol. The van der Waals surface area contributed by atoms with Crippen molar-refractivity contribution in [3.63, 3.8) is 0 Å². The molecule has 0 heterocycles. The first-order valence-corrected chi connectivity index (χ1v) is 11.0. The lowest BCUT2D eigenvalue weighted by atomic mass is 10.1. The summed E-state index contributed by atoms with van der Waals surface area (Å²) in [7, 11) is -2.15. The van der Waals surface area contributed by atoms with E-state index in [0.29, 0.717) is 11.4 Å². The van der Waals surface area contributed by atoms with E-state index in [1.807, 2.05) is 6.07 Å². The van der Waals surface area contributed by atoms with Crippen molar-refractivity contribution in [2.75, 3.05) is 16.7 Å². The van der Waals surface area contributed by atoms with Gasteiger partial charge < -0.3 is 10.6 Å². The minimum atomic E-state index is -3.66. The van der Waals surface area contributed by atoms with Gasteiger partial charge in [-0.25, -0.2) is 8.42 Å². The maximum Gasteiger partial charge on any atom is 0.264 e. The van der Waals surface area contributed by atoms with Crippen molar-refractivity contribution in [3.05, 3.63) is 54.6 Å². The topological polar surface area (TPSA) is 78.5 Å². The van der Waals surface area contributed by atoms with Gasteiger partial charge in [0.2, 0.25) is 5.91 Å². The maximum absolute atomic E-state index is 12.8. The smallest absolute Gasteiger partial charge is 0.264 e. The second-order valence-corrected chi connectivity index (χ2v) is 9.13. The molecule has 0 aliphatic heterocycles. The lowest BCUT2D eigenvalue weighted by Gasteiger charge is -2.19. The summed E-state index contributed by atoms with van der Waals surface area (Å²) in [5, 5.41) is 5.85. The minimum absolute atomic E-state index is 0.0285. The minimum Gasteiger partial charge on any atom is -0.332 e. The van der Waals surface area contributed by atoms with Crippen LogP contribution in [0, 0.1) is 5.92 Å². The molecule has 1 aliphatic carbocycles. The molecule has 0 radical (unpaired) electrons. The predicted molar refractivity (Wildman–Crippen MR) is 115 cm³/mol. The van der Waals surface area contributed by atoms with Crippen LogP contribution in [-0.4, -0.2) is 26.5 Å². The Kier molecular flexibility index (Phi) is 6.31. The van der Waals surface area contributed by atoms with Gasteiger partial charge in [-0.15, -0.1) is 0 Å². The van der Waals surface area contributed by atoms with E-state index < -0.39 is 10.0 Å². The fourth-order valence-corrected chi connectivity index (χ4v) is 4.62. The number of nitrogens with one attached hydrogen (secondary N) is 2. The summed E-state index contributed by atoms with van der Waals surface area (Å²) < 4.78 is 26.8. The number of hydrogen-bond donors (Lipinski definition) is 2. The first-order valence-electron chi connectivity index (χ1n) is 9.14. The highest BCUT2D eigenvalue weighted by atomic mass is 32.2. The normalized spacial score (nSPS) is 14.5. The van der Waals surface area contributed by atoms with Crippen molar-refractivity contribution in [2.24, 2.45) is 5.92 Å². The van der Waals surface area contributed by atoms with Crippen LogP contribution in [0.25, 0.3) is 0 Å². The Balaban J connectivity index is 1.64. The van der Waals surface area contributed by atoms with Crippen LogP contribution < -0.4 is 14.9 Å². The number of rotatable bonds is 5. The number of amides is 1. The molecule has 1 fully saturated rings. The molecule has 8 heteroatoms. The summed E-state index contributed by atoms with van der Waals surface area (Å²) in [6.45, 7) is 0. The molecular weight excluding hydrogens is 394 g/mol. The molecule has 28 heavy (non-hydrogen) atoms. The van der Waals surface area contributed by atoms with Gasteiger partial charge in [0.15, 0.2) is 5.11 Å². The molecule has 148 valence electrons. The second kappa shape index (κ2) is 8.70. The van der Waals surface area contributed by atoms with Gasteiger partial charge in [0, 0.05) is 18.7 Å². The summed E-state index contributed by atoms with van der Waals surface area (Å²) in [5.74, 6) is -0.0283. The average Bonchev–Trinajstić information content (AvgIpc) is 3.23. The molecule has 0 atom stereocenters. The highest BCUT2D eigenvalue weighted by Gasteiger charge is 2.23. The first-order chi connectivity index (χ1) is 13.4. The number of carbonyl (C=O) groups excluding carboxylic acids is 1. The molecule has 6 nitrogen and oxygen atoms in total. The number of anilines is 2. The molecule has 0 saturated heterocycles. The number of para-hydroxylation sites is 1. The van der Waals surface area contributed by atoms with Gasteiger partial charge in [-0.1, -0.05) is 31.0 Å². The fourth-order valence-electron chi connectivity index (χ4n) is 3.21. The molecule has 0 bridgehead atoms. The first kappa shape index (κ1) is 20.3. The third-order valence-electron chi connectivity index (χ3n) is 4.85. The third-order valence-corrected chi connectivity index (χ3v) is 6.86. The van der Waals surface area contributed by atoms with E-state index in [1.165, 1.54) is 23.5 Å². The number of carbonyl (C=O) groups is 1. The Bertz CT molecular complexity index is 938. The molecule has 0 spiro atoms. The van der Waals surface area contributed by atoms with Crippen LogP contribution in [0.4, 0.5) is 11.4 Å². The number of benzene rings is 2. The molecule has 2 aromatic carbocycles. The zero-order valence-corrected chi connectivity index (χ0v) is 17.2. The van der Waals surface area contributed by atoms with Crippen LogP contribution in [0.2, 0.25) is 0 Å². The summed E-state index contributed by atoms with van der Waals surface area (Å²) in [6, 6.07) is 15.2. The van der Waals surface area contributed by atoms with E-state index in [9.17, 15) is 13.2 Å². The van der Waals surface area contributed by atoms with Gasteiger partial charge in [-0.05, 0) is 61.5 Å². The molecule has 3 rings (SSSR count). The molecule has 0 unspecified atom stereocenters. The quantitative estimate of drug-likeness (QED) is 0.728. The number of thiocarbonyl (C=S) groups is 1. The van der Waals surface area contributed by atoms with E-state index in [1.54, 1.807) is 36.4 Å². The highest BCUT2D eigenvalue weighted by molar-refractivity contribution is 7.92. The van der Waals surface area contributed by atoms with Crippen molar-refractivity contribution in [1.82, 2.24) is 5.32 Å². The van der Waals surface area contributed by atoms with Crippen molar-refractivity contribution in [3.8, 4) is 0 Å². The summed E-state index contributed by atoms with van der Waals surface area (Å²) in [6.07, 6.45) is 3.95. The molecule has 1 saturated carbocycles. The number of sulfonamides is 1. The maximum atomic E-state index is 12.8. The Morgan fingerprint density at radius 3 is 2.25 bits per heavy atom. The fraction of sp³-hybridized carbons (Fsp3) is 0.300. The Hall–Kier alpha value is -2.45.